The molecule has 0 bridgehead atoms. The Balaban J connectivity index is 1.89. The van der Waals surface area contributed by atoms with Crippen LogP contribution in [0.3, 0.4) is 0 Å². The van der Waals surface area contributed by atoms with Gasteiger partial charge in [-0.2, -0.15) is 18.3 Å². The van der Waals surface area contributed by atoms with Crippen LogP contribution in [0, 0.1) is 5.92 Å². The summed E-state index contributed by atoms with van der Waals surface area (Å²) in [5.74, 6) is -1.47. The van der Waals surface area contributed by atoms with Crippen LogP contribution in [0.2, 0.25) is 0 Å². The summed E-state index contributed by atoms with van der Waals surface area (Å²) >= 11 is 0. The highest BCUT2D eigenvalue weighted by Crippen LogP contribution is 2.37. The second-order valence-corrected chi connectivity index (χ2v) is 5.77. The molecule has 22 heavy (non-hydrogen) atoms. The number of hydrogen-bond acceptors (Lipinski definition) is 3. The van der Waals surface area contributed by atoms with Gasteiger partial charge in [0.15, 0.2) is 0 Å². The Bertz CT molecular complexity index is 506. The molecule has 5 nitrogen and oxygen atoms in total. The minimum Gasteiger partial charge on any atom is -0.352 e. The van der Waals surface area contributed by atoms with Gasteiger partial charge in [0.2, 0.25) is 5.91 Å². The number of carbonyl (C=O) groups excluding carboxylic acids is 1. The number of nitrogens with zero attached hydrogens (tertiary/aromatic N) is 2. The molecule has 1 aliphatic rings. The first-order valence-electron chi connectivity index (χ1n) is 7.34. The van der Waals surface area contributed by atoms with Crippen molar-refractivity contribution in [2.75, 3.05) is 7.05 Å². The molecule has 0 radical (unpaired) electrons. The third-order valence-electron chi connectivity index (χ3n) is 4.15. The highest BCUT2D eigenvalue weighted by molar-refractivity contribution is 5.83. The minimum absolute atomic E-state index is 0.0750. The van der Waals surface area contributed by atoms with Crippen LogP contribution in [0.4, 0.5) is 13.2 Å². The number of aryl methyl sites for hydroxylation is 1. The van der Waals surface area contributed by atoms with Gasteiger partial charge in [0.05, 0.1) is 12.1 Å². The van der Waals surface area contributed by atoms with E-state index in [0.717, 1.165) is 5.56 Å². The van der Waals surface area contributed by atoms with Crippen molar-refractivity contribution < 1.29 is 18.0 Å². The summed E-state index contributed by atoms with van der Waals surface area (Å²) in [5.41, 5.74) is 0.728. The second-order valence-electron chi connectivity index (χ2n) is 5.77. The van der Waals surface area contributed by atoms with Gasteiger partial charge in [-0.1, -0.05) is 0 Å². The molecule has 8 heteroatoms. The zero-order valence-electron chi connectivity index (χ0n) is 12.7. The Hall–Kier alpha value is -1.57. The number of amides is 1. The van der Waals surface area contributed by atoms with E-state index in [4.69, 9.17) is 0 Å². The molecule has 1 unspecified atom stereocenters. The van der Waals surface area contributed by atoms with Crippen molar-refractivity contribution in [3.05, 3.63) is 18.0 Å². The third kappa shape index (κ3) is 4.00. The Morgan fingerprint density at radius 2 is 2.00 bits per heavy atom. The molecule has 1 aromatic heterocycles. The molecule has 0 spiro atoms. The molecule has 0 aromatic carbocycles. The first-order valence-corrected chi connectivity index (χ1v) is 7.34. The molecule has 0 aliphatic heterocycles. The Labute approximate surface area is 127 Å². The summed E-state index contributed by atoms with van der Waals surface area (Å²) in [6.45, 7) is 0. The zero-order valence-corrected chi connectivity index (χ0v) is 12.7. The number of nitrogens with one attached hydrogen (secondary N) is 2. The van der Waals surface area contributed by atoms with Crippen molar-refractivity contribution in [2.45, 2.75) is 43.9 Å². The molecule has 2 N–H and O–H groups in total. The molecule has 1 fully saturated rings. The minimum atomic E-state index is -4.13. The predicted octanol–water partition coefficient (Wildman–Crippen LogP) is 1.92. The average Bonchev–Trinajstić information content (AvgIpc) is 2.85. The summed E-state index contributed by atoms with van der Waals surface area (Å²) in [6.07, 6.45) is 0.0801. The van der Waals surface area contributed by atoms with Gasteiger partial charge in [-0.3, -0.25) is 9.48 Å². The Morgan fingerprint density at radius 3 is 2.45 bits per heavy atom. The fourth-order valence-corrected chi connectivity index (χ4v) is 2.89. The average molecular weight is 318 g/mol. The normalized spacial score (nSPS) is 24.0. The molecule has 2 rings (SSSR count). The van der Waals surface area contributed by atoms with Gasteiger partial charge in [-0.05, 0) is 32.7 Å². The highest BCUT2D eigenvalue weighted by Gasteiger charge is 2.41. The lowest BCUT2D eigenvalue weighted by molar-refractivity contribution is -0.182. The molecular weight excluding hydrogens is 297 g/mol. The molecule has 1 heterocycles. The smallest absolute Gasteiger partial charge is 0.352 e. The molecule has 0 saturated heterocycles. The van der Waals surface area contributed by atoms with Crippen LogP contribution in [-0.4, -0.2) is 35.0 Å². The number of alkyl halides is 3. The van der Waals surface area contributed by atoms with Crippen LogP contribution in [0.25, 0.3) is 0 Å². The quantitative estimate of drug-likeness (QED) is 0.892. The maximum absolute atomic E-state index is 12.6. The fraction of sp³-hybridized carbons (Fsp3) is 0.714. The first-order chi connectivity index (χ1) is 10.3. The SMILES string of the molecule is CNC(C(=O)NC1CCC(C(F)(F)F)CC1)c1cnn(C)c1. The van der Waals surface area contributed by atoms with E-state index in [1.807, 2.05) is 0 Å². The van der Waals surface area contributed by atoms with E-state index < -0.39 is 18.1 Å². The number of carbonyl (C=O) groups is 1. The van der Waals surface area contributed by atoms with Gasteiger partial charge in [0.1, 0.15) is 6.04 Å². The lowest BCUT2D eigenvalue weighted by Gasteiger charge is -2.31. The maximum atomic E-state index is 12.6. The molecule has 1 atom stereocenters. The van der Waals surface area contributed by atoms with Gasteiger partial charge in [-0.15, -0.1) is 0 Å². The molecular formula is C14H21F3N4O. The van der Waals surface area contributed by atoms with E-state index >= 15 is 0 Å². The first kappa shape index (κ1) is 16.8. The van der Waals surface area contributed by atoms with Gasteiger partial charge in [0.25, 0.3) is 0 Å². The maximum Gasteiger partial charge on any atom is 0.391 e. The van der Waals surface area contributed by atoms with E-state index in [0.29, 0.717) is 12.8 Å². The van der Waals surface area contributed by atoms with Crippen LogP contribution in [0.5, 0.6) is 0 Å². The van der Waals surface area contributed by atoms with Gasteiger partial charge in [0, 0.05) is 24.8 Å². The molecule has 1 amide bonds. The Morgan fingerprint density at radius 1 is 1.36 bits per heavy atom. The van der Waals surface area contributed by atoms with E-state index in [1.165, 1.54) is 0 Å². The van der Waals surface area contributed by atoms with E-state index in [-0.39, 0.29) is 24.8 Å². The van der Waals surface area contributed by atoms with Crippen molar-refractivity contribution in [3.63, 3.8) is 0 Å². The van der Waals surface area contributed by atoms with Crippen LogP contribution in [-0.2, 0) is 11.8 Å². The van der Waals surface area contributed by atoms with Crippen LogP contribution >= 0.6 is 0 Å². The van der Waals surface area contributed by atoms with Gasteiger partial charge in [-0.25, -0.2) is 0 Å². The van der Waals surface area contributed by atoms with Gasteiger partial charge >= 0.3 is 6.18 Å². The fourth-order valence-electron chi connectivity index (χ4n) is 2.89. The molecule has 1 aromatic rings. The lowest BCUT2D eigenvalue weighted by Crippen LogP contribution is -2.44. The van der Waals surface area contributed by atoms with Crippen molar-refractivity contribution in [1.29, 1.82) is 0 Å². The van der Waals surface area contributed by atoms with E-state index in [2.05, 4.69) is 15.7 Å². The molecule has 1 saturated carbocycles. The number of rotatable bonds is 4. The van der Waals surface area contributed by atoms with Crippen LogP contribution < -0.4 is 10.6 Å². The number of halogens is 3. The van der Waals surface area contributed by atoms with Crippen molar-refractivity contribution >= 4 is 5.91 Å². The van der Waals surface area contributed by atoms with Crippen LogP contribution in [0.1, 0.15) is 37.3 Å². The second kappa shape index (κ2) is 6.68. The zero-order chi connectivity index (χ0) is 16.3. The summed E-state index contributed by atoms with van der Waals surface area (Å²) in [6, 6.07) is -0.743. The molecule has 1 aliphatic carbocycles. The Kier molecular flexibility index (Phi) is 5.10. The number of likely N-dealkylation sites (N-methyl/N-ethyl adjacent to an activating group) is 1. The summed E-state index contributed by atoms with van der Waals surface area (Å²) < 4.78 is 39.5. The van der Waals surface area contributed by atoms with E-state index in [1.54, 1.807) is 31.2 Å². The standard InChI is InChI=1S/C14H21F3N4O/c1-18-12(9-7-19-21(2)8-9)13(22)20-11-5-3-10(4-6-11)14(15,16)17/h7-8,10-12,18H,3-6H2,1-2H3,(H,20,22). The van der Waals surface area contributed by atoms with Crippen molar-refractivity contribution in [3.8, 4) is 0 Å². The topological polar surface area (TPSA) is 59.0 Å². The van der Waals surface area contributed by atoms with Crippen molar-refractivity contribution in [1.82, 2.24) is 20.4 Å². The predicted molar refractivity (Wildman–Crippen MR) is 75.0 cm³/mol. The van der Waals surface area contributed by atoms with Crippen LogP contribution in [0.15, 0.2) is 12.4 Å². The highest BCUT2D eigenvalue weighted by atomic mass is 19.4. The number of hydrogen-bond donors (Lipinski definition) is 2. The largest absolute Gasteiger partial charge is 0.391 e. The summed E-state index contributed by atoms with van der Waals surface area (Å²) in [5, 5.41) is 9.78. The number of aromatic nitrogens is 2. The van der Waals surface area contributed by atoms with E-state index in [9.17, 15) is 18.0 Å². The lowest BCUT2D eigenvalue weighted by atomic mass is 9.85. The van der Waals surface area contributed by atoms with Gasteiger partial charge < -0.3 is 10.6 Å². The van der Waals surface area contributed by atoms with Crippen molar-refractivity contribution in [2.24, 2.45) is 13.0 Å². The summed E-state index contributed by atoms with van der Waals surface area (Å²) in [7, 11) is 3.42. The monoisotopic (exact) mass is 318 g/mol. The molecule has 124 valence electrons. The third-order valence-corrected chi connectivity index (χ3v) is 4.15. The summed E-state index contributed by atoms with van der Waals surface area (Å²) in [4.78, 5) is 12.3.